The van der Waals surface area contributed by atoms with E-state index in [1.807, 2.05) is 48.9 Å². The van der Waals surface area contributed by atoms with Crippen LogP contribution in [-0.2, 0) is 23.9 Å². The molecule has 3 N–H and O–H groups in total. The molecule has 8 nitrogen and oxygen atoms in total. The third-order valence-corrected chi connectivity index (χ3v) is 5.08. The van der Waals surface area contributed by atoms with Crippen molar-refractivity contribution in [3.8, 4) is 0 Å². The molecule has 152 valence electrons. The fourth-order valence-electron chi connectivity index (χ4n) is 3.08. The van der Waals surface area contributed by atoms with Gasteiger partial charge in [-0.15, -0.1) is 10.2 Å². The monoisotopic (exact) mass is 386 g/mol. The molecule has 3 rings (SSSR count). The molecule has 1 aliphatic heterocycles. The van der Waals surface area contributed by atoms with Crippen molar-refractivity contribution in [1.82, 2.24) is 25.4 Å². The molecule has 0 aliphatic carbocycles. The van der Waals surface area contributed by atoms with E-state index in [0.29, 0.717) is 25.6 Å². The largest absolute Gasteiger partial charge is 0.384 e. The summed E-state index contributed by atoms with van der Waals surface area (Å²) in [6, 6.07) is 9.61. The van der Waals surface area contributed by atoms with Crippen LogP contribution >= 0.6 is 0 Å². The summed E-state index contributed by atoms with van der Waals surface area (Å²) < 4.78 is 7.60. The van der Waals surface area contributed by atoms with Gasteiger partial charge >= 0.3 is 0 Å². The molecule has 2 heterocycles. The number of nitrogens with zero attached hydrogens (tertiary/aromatic N) is 4. The van der Waals surface area contributed by atoms with Crippen molar-refractivity contribution in [2.45, 2.75) is 44.9 Å². The number of rotatable bonds is 7. The Morgan fingerprint density at radius 3 is 2.75 bits per heavy atom. The fourth-order valence-corrected chi connectivity index (χ4v) is 3.08. The van der Waals surface area contributed by atoms with Crippen LogP contribution in [0.25, 0.3) is 0 Å². The summed E-state index contributed by atoms with van der Waals surface area (Å²) >= 11 is 0. The number of aromatic nitrogens is 3. The molecule has 0 amide bonds. The zero-order chi connectivity index (χ0) is 20.0. The van der Waals surface area contributed by atoms with Crippen LogP contribution in [0, 0.1) is 6.92 Å². The minimum atomic E-state index is -1.02. The Hall–Kier alpha value is -2.45. The second-order valence-corrected chi connectivity index (χ2v) is 7.40. The summed E-state index contributed by atoms with van der Waals surface area (Å²) in [5.41, 5.74) is -0.167. The summed E-state index contributed by atoms with van der Waals surface area (Å²) in [6.45, 7) is 5.91. The van der Waals surface area contributed by atoms with E-state index in [0.717, 1.165) is 36.7 Å². The molecule has 0 radical (unpaired) electrons. The van der Waals surface area contributed by atoms with Gasteiger partial charge in [0.25, 0.3) is 0 Å². The van der Waals surface area contributed by atoms with Crippen molar-refractivity contribution in [1.29, 1.82) is 0 Å². The van der Waals surface area contributed by atoms with E-state index in [4.69, 9.17) is 4.74 Å². The predicted molar refractivity (Wildman–Crippen MR) is 108 cm³/mol. The molecule has 0 bridgehead atoms. The zero-order valence-electron chi connectivity index (χ0n) is 16.9. The van der Waals surface area contributed by atoms with Crippen molar-refractivity contribution < 1.29 is 9.84 Å². The second-order valence-electron chi connectivity index (χ2n) is 7.40. The molecule has 1 aliphatic rings. The minimum absolute atomic E-state index is 0.193. The van der Waals surface area contributed by atoms with Crippen molar-refractivity contribution >= 4 is 5.96 Å². The van der Waals surface area contributed by atoms with E-state index >= 15 is 0 Å². The van der Waals surface area contributed by atoms with Crippen LogP contribution in [0.15, 0.2) is 35.3 Å². The van der Waals surface area contributed by atoms with E-state index in [1.165, 1.54) is 0 Å². The summed E-state index contributed by atoms with van der Waals surface area (Å²) in [6.07, 6.45) is 2.33. The smallest absolute Gasteiger partial charge is 0.191 e. The van der Waals surface area contributed by atoms with Gasteiger partial charge in [0.2, 0.25) is 0 Å². The summed E-state index contributed by atoms with van der Waals surface area (Å²) in [5, 5.41) is 25.7. The molecular formula is C20H30N6O2. The topological polar surface area (TPSA) is 96.6 Å². The van der Waals surface area contributed by atoms with Crippen LogP contribution in [0.5, 0.6) is 0 Å². The Morgan fingerprint density at radius 1 is 1.32 bits per heavy atom. The van der Waals surface area contributed by atoms with Crippen molar-refractivity contribution in [3.05, 3.63) is 47.5 Å². The van der Waals surface area contributed by atoms with Gasteiger partial charge in [0.15, 0.2) is 11.8 Å². The van der Waals surface area contributed by atoms with Gasteiger partial charge in [-0.25, -0.2) is 4.99 Å². The minimum Gasteiger partial charge on any atom is -0.384 e. The van der Waals surface area contributed by atoms with Crippen LogP contribution in [-0.4, -0.2) is 51.6 Å². The van der Waals surface area contributed by atoms with Crippen LogP contribution in [0.4, 0.5) is 0 Å². The molecule has 1 aromatic carbocycles. The SMILES string of the molecule is Cc1nnc(CN=C(NCC2CCCO2)NCC(C)(O)c2ccccc2)n1C. The average molecular weight is 387 g/mol. The van der Waals surface area contributed by atoms with Gasteiger partial charge in [0, 0.05) is 20.2 Å². The molecule has 1 saturated heterocycles. The lowest BCUT2D eigenvalue weighted by molar-refractivity contribution is 0.0615. The lowest BCUT2D eigenvalue weighted by Gasteiger charge is -2.26. The van der Waals surface area contributed by atoms with E-state index in [-0.39, 0.29) is 6.10 Å². The number of benzene rings is 1. The molecule has 2 unspecified atom stereocenters. The van der Waals surface area contributed by atoms with E-state index in [9.17, 15) is 5.11 Å². The Balaban J connectivity index is 1.66. The quantitative estimate of drug-likeness (QED) is 0.489. The first-order chi connectivity index (χ1) is 13.5. The summed E-state index contributed by atoms with van der Waals surface area (Å²) in [7, 11) is 1.92. The fraction of sp³-hybridized carbons (Fsp3) is 0.550. The maximum Gasteiger partial charge on any atom is 0.191 e. The molecular weight excluding hydrogens is 356 g/mol. The molecule has 1 aromatic heterocycles. The van der Waals surface area contributed by atoms with Crippen LogP contribution in [0.3, 0.4) is 0 Å². The van der Waals surface area contributed by atoms with Crippen LogP contribution in [0.1, 0.15) is 37.0 Å². The van der Waals surface area contributed by atoms with Gasteiger partial charge in [0.1, 0.15) is 18.0 Å². The number of aliphatic hydroxyl groups is 1. The number of ether oxygens (including phenoxy) is 1. The maximum absolute atomic E-state index is 10.9. The van der Waals surface area contributed by atoms with E-state index in [2.05, 4.69) is 25.8 Å². The van der Waals surface area contributed by atoms with Crippen molar-refractivity contribution in [2.24, 2.45) is 12.0 Å². The normalized spacial score (nSPS) is 19.4. The van der Waals surface area contributed by atoms with Gasteiger partial charge in [0.05, 0.1) is 12.6 Å². The Labute approximate surface area is 166 Å². The molecule has 2 atom stereocenters. The number of nitrogens with one attached hydrogen (secondary N) is 2. The highest BCUT2D eigenvalue weighted by molar-refractivity contribution is 5.79. The molecule has 1 fully saturated rings. The Kier molecular flexibility index (Phi) is 6.64. The molecule has 0 spiro atoms. The number of aliphatic imine (C=N–C) groups is 1. The number of hydrogen-bond donors (Lipinski definition) is 3. The van der Waals surface area contributed by atoms with E-state index in [1.54, 1.807) is 6.92 Å². The highest BCUT2D eigenvalue weighted by Gasteiger charge is 2.23. The Morgan fingerprint density at radius 2 is 2.11 bits per heavy atom. The van der Waals surface area contributed by atoms with Gasteiger partial charge < -0.3 is 25.0 Å². The number of aryl methyl sites for hydroxylation is 1. The third kappa shape index (κ3) is 5.30. The second kappa shape index (κ2) is 9.16. The molecule has 8 heteroatoms. The van der Waals surface area contributed by atoms with Crippen LogP contribution < -0.4 is 10.6 Å². The molecule has 2 aromatic rings. The lowest BCUT2D eigenvalue weighted by Crippen LogP contribution is -2.46. The maximum atomic E-state index is 10.9. The lowest BCUT2D eigenvalue weighted by atomic mass is 9.96. The highest BCUT2D eigenvalue weighted by atomic mass is 16.5. The summed E-state index contributed by atoms with van der Waals surface area (Å²) in [4.78, 5) is 4.63. The summed E-state index contributed by atoms with van der Waals surface area (Å²) in [5.74, 6) is 2.25. The first-order valence-corrected chi connectivity index (χ1v) is 9.72. The number of hydrogen-bond acceptors (Lipinski definition) is 5. The first-order valence-electron chi connectivity index (χ1n) is 9.72. The van der Waals surface area contributed by atoms with E-state index < -0.39 is 5.60 Å². The van der Waals surface area contributed by atoms with Gasteiger partial charge in [-0.05, 0) is 32.3 Å². The first kappa shape index (κ1) is 20.3. The highest BCUT2D eigenvalue weighted by Crippen LogP contribution is 2.19. The van der Waals surface area contributed by atoms with Crippen molar-refractivity contribution in [2.75, 3.05) is 19.7 Å². The molecule has 28 heavy (non-hydrogen) atoms. The third-order valence-electron chi connectivity index (χ3n) is 5.08. The zero-order valence-corrected chi connectivity index (χ0v) is 16.9. The van der Waals surface area contributed by atoms with Crippen molar-refractivity contribution in [3.63, 3.8) is 0 Å². The van der Waals surface area contributed by atoms with Gasteiger partial charge in [-0.3, -0.25) is 0 Å². The standard InChI is InChI=1S/C20H30N6O2/c1-15-24-25-18(26(15)3)13-22-19(21-12-17-10-7-11-28-17)23-14-20(2,27)16-8-5-4-6-9-16/h4-6,8-9,17,27H,7,10-14H2,1-3H3,(H2,21,22,23). The molecule has 0 saturated carbocycles. The van der Waals surface area contributed by atoms with Gasteiger partial charge in [-0.1, -0.05) is 30.3 Å². The Bertz CT molecular complexity index is 781. The van der Waals surface area contributed by atoms with Gasteiger partial charge in [-0.2, -0.15) is 0 Å². The average Bonchev–Trinajstić information content (AvgIpc) is 3.33. The van der Waals surface area contributed by atoms with Crippen LogP contribution in [0.2, 0.25) is 0 Å². The predicted octanol–water partition coefficient (Wildman–Crippen LogP) is 1.25. The number of guanidine groups is 1.